The Balaban J connectivity index is 1.96. The summed E-state index contributed by atoms with van der Waals surface area (Å²) in [5.41, 5.74) is 1.02. The van der Waals surface area contributed by atoms with Crippen LogP contribution in [0.3, 0.4) is 0 Å². The molecule has 1 aliphatic heterocycles. The molecule has 0 radical (unpaired) electrons. The van der Waals surface area contributed by atoms with Crippen LogP contribution in [-0.4, -0.2) is 30.9 Å². The number of thiazole rings is 1. The number of nitrogens with zero attached hydrogens (tertiary/aromatic N) is 1. The topological polar surface area (TPSA) is 59.1 Å². The van der Waals surface area contributed by atoms with Gasteiger partial charge in [0.2, 0.25) is 0 Å². The summed E-state index contributed by atoms with van der Waals surface area (Å²) >= 11 is 1.62. The molecule has 0 saturated carbocycles. The standard InChI is InChI=1S/C10H16N2O2S2/c1-7-5-15-10(11-7)8(2)12-9-3-4-16(13,14)6-9/h5,8-9,12H,3-4,6H2,1-2H3. The van der Waals surface area contributed by atoms with E-state index in [9.17, 15) is 8.42 Å². The Morgan fingerprint density at radius 2 is 2.38 bits per heavy atom. The Morgan fingerprint density at radius 1 is 1.62 bits per heavy atom. The van der Waals surface area contributed by atoms with E-state index in [-0.39, 0.29) is 17.8 Å². The zero-order valence-electron chi connectivity index (χ0n) is 9.43. The maximum absolute atomic E-state index is 11.3. The number of aromatic nitrogens is 1. The summed E-state index contributed by atoms with van der Waals surface area (Å²) in [6, 6.07) is 0.223. The maximum Gasteiger partial charge on any atom is 0.151 e. The van der Waals surface area contributed by atoms with Gasteiger partial charge in [-0.25, -0.2) is 13.4 Å². The Labute approximate surface area is 100 Å². The van der Waals surface area contributed by atoms with Crippen LogP contribution in [0, 0.1) is 6.92 Å². The first-order valence-corrected chi connectivity index (χ1v) is 8.05. The number of sulfone groups is 1. The highest BCUT2D eigenvalue weighted by Gasteiger charge is 2.29. The normalized spacial score (nSPS) is 25.8. The molecule has 6 heteroatoms. The average molecular weight is 260 g/mol. The molecule has 0 aromatic carbocycles. The molecule has 1 aromatic rings. The van der Waals surface area contributed by atoms with Crippen molar-refractivity contribution in [3.05, 3.63) is 16.1 Å². The molecule has 90 valence electrons. The molecule has 1 saturated heterocycles. The summed E-state index contributed by atoms with van der Waals surface area (Å²) in [5.74, 6) is 0.579. The summed E-state index contributed by atoms with van der Waals surface area (Å²) < 4.78 is 22.6. The van der Waals surface area contributed by atoms with Gasteiger partial charge in [0.1, 0.15) is 5.01 Å². The molecule has 1 aromatic heterocycles. The minimum absolute atomic E-state index is 0.0872. The molecular formula is C10H16N2O2S2. The predicted molar refractivity (Wildman–Crippen MR) is 65.5 cm³/mol. The first kappa shape index (κ1) is 12.0. The van der Waals surface area contributed by atoms with Crippen molar-refractivity contribution in [3.63, 3.8) is 0 Å². The zero-order valence-corrected chi connectivity index (χ0v) is 11.1. The van der Waals surface area contributed by atoms with Crippen molar-refractivity contribution < 1.29 is 8.42 Å². The summed E-state index contributed by atoms with van der Waals surface area (Å²) in [6.07, 6.45) is 0.719. The molecule has 16 heavy (non-hydrogen) atoms. The van der Waals surface area contributed by atoms with Gasteiger partial charge in [-0.05, 0) is 20.3 Å². The highest BCUT2D eigenvalue weighted by Crippen LogP contribution is 2.20. The van der Waals surface area contributed by atoms with E-state index in [4.69, 9.17) is 0 Å². The smallest absolute Gasteiger partial charge is 0.151 e. The van der Waals surface area contributed by atoms with Crippen LogP contribution < -0.4 is 5.32 Å². The third-order valence-corrected chi connectivity index (χ3v) is 5.64. The molecule has 1 N–H and O–H groups in total. The Morgan fingerprint density at radius 3 is 2.88 bits per heavy atom. The van der Waals surface area contributed by atoms with E-state index in [1.165, 1.54) is 0 Å². The molecule has 2 unspecified atom stereocenters. The van der Waals surface area contributed by atoms with Crippen LogP contribution in [0.15, 0.2) is 5.38 Å². The lowest BCUT2D eigenvalue weighted by molar-refractivity contribution is 0.483. The number of aryl methyl sites for hydroxylation is 1. The Bertz CT molecular complexity index is 467. The Kier molecular flexibility index (Phi) is 3.32. The monoisotopic (exact) mass is 260 g/mol. The predicted octanol–water partition coefficient (Wildman–Crippen LogP) is 1.29. The van der Waals surface area contributed by atoms with Gasteiger partial charge in [-0.2, -0.15) is 0 Å². The third-order valence-electron chi connectivity index (χ3n) is 2.73. The first-order chi connectivity index (χ1) is 7.46. The van der Waals surface area contributed by atoms with Crippen LogP contribution in [0.5, 0.6) is 0 Å². The van der Waals surface area contributed by atoms with Gasteiger partial charge in [0, 0.05) is 17.1 Å². The summed E-state index contributed by atoms with van der Waals surface area (Å²) in [4.78, 5) is 4.40. The van der Waals surface area contributed by atoms with Crippen molar-refractivity contribution in [3.8, 4) is 0 Å². The number of hydrogen-bond donors (Lipinski definition) is 1. The third kappa shape index (κ3) is 2.81. The lowest BCUT2D eigenvalue weighted by Crippen LogP contribution is -2.32. The number of rotatable bonds is 3. The Hall–Kier alpha value is -0.460. The van der Waals surface area contributed by atoms with Crippen molar-refractivity contribution in [1.82, 2.24) is 10.3 Å². The lowest BCUT2D eigenvalue weighted by atomic mass is 10.2. The molecule has 0 bridgehead atoms. The van der Waals surface area contributed by atoms with E-state index in [0.717, 1.165) is 17.1 Å². The second-order valence-corrected chi connectivity index (χ2v) is 7.43. The second-order valence-electron chi connectivity index (χ2n) is 4.32. The van der Waals surface area contributed by atoms with Crippen molar-refractivity contribution in [2.24, 2.45) is 0 Å². The SMILES string of the molecule is Cc1csc(C(C)NC2CCS(=O)(=O)C2)n1. The zero-order chi connectivity index (χ0) is 11.8. The molecule has 2 heterocycles. The van der Waals surface area contributed by atoms with Gasteiger partial charge in [-0.15, -0.1) is 11.3 Å². The molecule has 0 amide bonds. The summed E-state index contributed by atoms with van der Waals surface area (Å²) in [6.45, 7) is 4.00. The van der Waals surface area contributed by atoms with Gasteiger partial charge in [0.15, 0.2) is 9.84 Å². The van der Waals surface area contributed by atoms with E-state index >= 15 is 0 Å². The summed E-state index contributed by atoms with van der Waals surface area (Å²) in [5, 5.41) is 6.38. The van der Waals surface area contributed by atoms with E-state index in [1.54, 1.807) is 11.3 Å². The quantitative estimate of drug-likeness (QED) is 0.889. The van der Waals surface area contributed by atoms with Gasteiger partial charge in [0.05, 0.1) is 17.5 Å². The van der Waals surface area contributed by atoms with Crippen LogP contribution >= 0.6 is 11.3 Å². The fourth-order valence-corrected chi connectivity index (χ4v) is 4.42. The largest absolute Gasteiger partial charge is 0.304 e. The second kappa shape index (κ2) is 4.43. The van der Waals surface area contributed by atoms with Gasteiger partial charge < -0.3 is 5.32 Å². The van der Waals surface area contributed by atoms with E-state index in [1.807, 2.05) is 19.2 Å². The average Bonchev–Trinajstić information content (AvgIpc) is 2.73. The fraction of sp³-hybridized carbons (Fsp3) is 0.700. The molecule has 2 rings (SSSR count). The van der Waals surface area contributed by atoms with Crippen molar-refractivity contribution in [1.29, 1.82) is 0 Å². The molecule has 2 atom stereocenters. The van der Waals surface area contributed by atoms with Crippen LogP contribution in [-0.2, 0) is 9.84 Å². The first-order valence-electron chi connectivity index (χ1n) is 5.35. The summed E-state index contributed by atoms with van der Waals surface area (Å²) in [7, 11) is -2.80. The molecular weight excluding hydrogens is 244 g/mol. The maximum atomic E-state index is 11.3. The fourth-order valence-electron chi connectivity index (χ4n) is 1.92. The highest BCUT2D eigenvalue weighted by atomic mass is 32.2. The number of nitrogens with one attached hydrogen (secondary N) is 1. The van der Waals surface area contributed by atoms with Crippen LogP contribution in [0.1, 0.15) is 30.1 Å². The molecule has 0 spiro atoms. The van der Waals surface area contributed by atoms with E-state index in [2.05, 4.69) is 10.3 Å². The van der Waals surface area contributed by atoms with E-state index in [0.29, 0.717) is 5.75 Å². The van der Waals surface area contributed by atoms with E-state index < -0.39 is 9.84 Å². The van der Waals surface area contributed by atoms with Crippen molar-refractivity contribution >= 4 is 21.2 Å². The lowest BCUT2D eigenvalue weighted by Gasteiger charge is -2.16. The minimum atomic E-state index is -2.80. The molecule has 4 nitrogen and oxygen atoms in total. The molecule has 1 aliphatic rings. The van der Waals surface area contributed by atoms with Gasteiger partial charge >= 0.3 is 0 Å². The van der Waals surface area contributed by atoms with Crippen molar-refractivity contribution in [2.45, 2.75) is 32.4 Å². The highest BCUT2D eigenvalue weighted by molar-refractivity contribution is 7.91. The van der Waals surface area contributed by atoms with Gasteiger partial charge in [-0.3, -0.25) is 0 Å². The molecule has 1 fully saturated rings. The van der Waals surface area contributed by atoms with Gasteiger partial charge in [-0.1, -0.05) is 0 Å². The van der Waals surface area contributed by atoms with Crippen molar-refractivity contribution in [2.75, 3.05) is 11.5 Å². The van der Waals surface area contributed by atoms with Gasteiger partial charge in [0.25, 0.3) is 0 Å². The van der Waals surface area contributed by atoms with Crippen LogP contribution in [0.4, 0.5) is 0 Å². The van der Waals surface area contributed by atoms with Crippen LogP contribution in [0.25, 0.3) is 0 Å². The van der Waals surface area contributed by atoms with Crippen LogP contribution in [0.2, 0.25) is 0 Å². The number of hydrogen-bond acceptors (Lipinski definition) is 5. The minimum Gasteiger partial charge on any atom is -0.304 e. The molecule has 0 aliphatic carbocycles.